The summed E-state index contributed by atoms with van der Waals surface area (Å²) in [5.41, 5.74) is 9.05. The number of rotatable bonds is 4. The molecule has 0 amide bonds. The molecule has 128 valence electrons. The lowest BCUT2D eigenvalue weighted by molar-refractivity contribution is 0.965. The predicted octanol–water partition coefficient (Wildman–Crippen LogP) is 4.60. The molecule has 6 heteroatoms. The maximum absolute atomic E-state index is 5.98. The molecule has 0 aliphatic rings. The van der Waals surface area contributed by atoms with Crippen LogP contribution in [-0.4, -0.2) is 20.7 Å². The summed E-state index contributed by atoms with van der Waals surface area (Å²) < 4.78 is 2.17. The van der Waals surface area contributed by atoms with Crippen LogP contribution in [-0.2, 0) is 0 Å². The number of anilines is 1. The van der Waals surface area contributed by atoms with Gasteiger partial charge in [0.15, 0.2) is 0 Å². The van der Waals surface area contributed by atoms with Crippen molar-refractivity contribution < 1.29 is 0 Å². The molecule has 3 aromatic rings. The van der Waals surface area contributed by atoms with Gasteiger partial charge in [0, 0.05) is 39.0 Å². The largest absolute Gasteiger partial charge is 0.318 e. The van der Waals surface area contributed by atoms with Gasteiger partial charge in [-0.15, -0.1) is 0 Å². The molecule has 2 heterocycles. The molecule has 0 saturated heterocycles. The summed E-state index contributed by atoms with van der Waals surface area (Å²) in [4.78, 5) is 8.63. The van der Waals surface area contributed by atoms with E-state index >= 15 is 0 Å². The minimum Gasteiger partial charge on any atom is -0.318 e. The third-order valence-corrected chi connectivity index (χ3v) is 4.16. The Morgan fingerprint density at radius 2 is 1.64 bits per heavy atom. The summed E-state index contributed by atoms with van der Waals surface area (Å²) in [5.74, 6) is 0.500. The third kappa shape index (κ3) is 3.88. The second-order valence-corrected chi connectivity index (χ2v) is 6.42. The lowest BCUT2D eigenvalue weighted by Gasteiger charge is -2.09. The Balaban J connectivity index is 1.84. The van der Waals surface area contributed by atoms with Gasteiger partial charge in [-0.2, -0.15) is 5.10 Å². The Labute approximate surface area is 152 Å². The number of nitrogens with zero attached hydrogens (tertiary/aromatic N) is 4. The highest BCUT2D eigenvalue weighted by molar-refractivity contribution is 6.30. The monoisotopic (exact) mass is 353 g/mol. The molecule has 0 spiro atoms. The van der Waals surface area contributed by atoms with Crippen LogP contribution in [0.2, 0.25) is 5.02 Å². The summed E-state index contributed by atoms with van der Waals surface area (Å²) in [6.45, 7) is 8.00. The number of hydrazone groups is 1. The molecule has 0 saturated carbocycles. The molecule has 0 aliphatic carbocycles. The normalized spacial score (nSPS) is 11.2. The predicted molar refractivity (Wildman–Crippen MR) is 103 cm³/mol. The van der Waals surface area contributed by atoms with Gasteiger partial charge in [-0.3, -0.25) is 0 Å². The summed E-state index contributed by atoms with van der Waals surface area (Å²) in [5, 5.41) is 5.01. The van der Waals surface area contributed by atoms with Crippen LogP contribution in [0.15, 0.2) is 41.5 Å². The van der Waals surface area contributed by atoms with Crippen LogP contribution in [0.3, 0.4) is 0 Å². The summed E-state index contributed by atoms with van der Waals surface area (Å²) in [7, 11) is 0. The first-order valence-electron chi connectivity index (χ1n) is 8.00. The number of aromatic nitrogens is 3. The summed E-state index contributed by atoms with van der Waals surface area (Å²) in [6.07, 6.45) is 1.79. The van der Waals surface area contributed by atoms with Gasteiger partial charge in [0.25, 0.3) is 0 Å². The zero-order valence-corrected chi connectivity index (χ0v) is 15.5. The zero-order valence-electron chi connectivity index (χ0n) is 14.7. The van der Waals surface area contributed by atoms with Crippen LogP contribution in [0.5, 0.6) is 0 Å². The standard InChI is InChI=1S/C19H20ClN5/c1-12-9-13(2)23-19(22-12)24-21-11-16-10-14(3)25(15(16)4)18-7-5-17(20)6-8-18/h5-11H,1-4H3,(H,22,23,24)/b21-11+. The summed E-state index contributed by atoms with van der Waals surface area (Å²) >= 11 is 5.98. The molecule has 5 nitrogen and oxygen atoms in total. The van der Waals surface area contributed by atoms with E-state index in [1.54, 1.807) is 6.21 Å². The van der Waals surface area contributed by atoms with Gasteiger partial charge in [0.2, 0.25) is 5.95 Å². The Kier molecular flexibility index (Phi) is 4.86. The topological polar surface area (TPSA) is 55.1 Å². The van der Waals surface area contributed by atoms with Gasteiger partial charge in [-0.1, -0.05) is 11.6 Å². The smallest absolute Gasteiger partial charge is 0.243 e. The van der Waals surface area contributed by atoms with Crippen molar-refractivity contribution in [1.82, 2.24) is 14.5 Å². The summed E-state index contributed by atoms with van der Waals surface area (Å²) in [6, 6.07) is 11.8. The fourth-order valence-electron chi connectivity index (χ4n) is 2.84. The first-order valence-corrected chi connectivity index (χ1v) is 8.38. The van der Waals surface area contributed by atoms with E-state index in [9.17, 15) is 0 Å². The fourth-order valence-corrected chi connectivity index (χ4v) is 2.97. The lowest BCUT2D eigenvalue weighted by atomic mass is 10.2. The van der Waals surface area contributed by atoms with E-state index in [2.05, 4.69) is 45.0 Å². The van der Waals surface area contributed by atoms with Gasteiger partial charge in [-0.05, 0) is 64.1 Å². The Bertz CT molecular complexity index is 905. The van der Waals surface area contributed by atoms with E-state index in [1.807, 2.05) is 44.2 Å². The quantitative estimate of drug-likeness (QED) is 0.551. The van der Waals surface area contributed by atoms with Gasteiger partial charge in [-0.25, -0.2) is 15.4 Å². The van der Waals surface area contributed by atoms with E-state index in [1.165, 1.54) is 0 Å². The van der Waals surface area contributed by atoms with E-state index in [-0.39, 0.29) is 0 Å². The maximum Gasteiger partial charge on any atom is 0.243 e. The average molecular weight is 354 g/mol. The van der Waals surface area contributed by atoms with Crippen LogP contribution < -0.4 is 5.43 Å². The van der Waals surface area contributed by atoms with E-state index in [0.717, 1.165) is 39.0 Å². The van der Waals surface area contributed by atoms with E-state index in [4.69, 9.17) is 11.6 Å². The molecule has 0 bridgehead atoms. The molecule has 0 unspecified atom stereocenters. The Hall–Kier alpha value is -2.66. The Morgan fingerprint density at radius 1 is 1.00 bits per heavy atom. The van der Waals surface area contributed by atoms with Crippen LogP contribution >= 0.6 is 11.6 Å². The third-order valence-electron chi connectivity index (χ3n) is 3.91. The van der Waals surface area contributed by atoms with Crippen molar-refractivity contribution in [3.05, 3.63) is 69.8 Å². The second kappa shape index (κ2) is 7.07. The second-order valence-electron chi connectivity index (χ2n) is 5.98. The average Bonchev–Trinajstić information content (AvgIpc) is 2.82. The number of halogens is 1. The molecule has 1 aromatic carbocycles. The molecule has 2 aromatic heterocycles. The van der Waals surface area contributed by atoms with Crippen molar-refractivity contribution in [1.29, 1.82) is 0 Å². The van der Waals surface area contributed by atoms with Gasteiger partial charge in [0.05, 0.1) is 6.21 Å². The molecular formula is C19H20ClN5. The molecule has 1 N–H and O–H groups in total. The highest BCUT2D eigenvalue weighted by Crippen LogP contribution is 2.21. The molecule has 0 atom stereocenters. The van der Waals surface area contributed by atoms with Crippen LogP contribution in [0, 0.1) is 27.7 Å². The first-order chi connectivity index (χ1) is 11.9. The highest BCUT2D eigenvalue weighted by atomic mass is 35.5. The van der Waals surface area contributed by atoms with Crippen molar-refractivity contribution in [2.75, 3.05) is 5.43 Å². The van der Waals surface area contributed by atoms with Crippen molar-refractivity contribution in [2.24, 2.45) is 5.10 Å². The maximum atomic E-state index is 5.98. The first kappa shape index (κ1) is 17.2. The van der Waals surface area contributed by atoms with Gasteiger partial charge in [0.1, 0.15) is 0 Å². The number of nitrogens with one attached hydrogen (secondary N) is 1. The number of hydrogen-bond donors (Lipinski definition) is 1. The van der Waals surface area contributed by atoms with E-state index < -0.39 is 0 Å². The van der Waals surface area contributed by atoms with E-state index in [0.29, 0.717) is 5.95 Å². The van der Waals surface area contributed by atoms with Crippen molar-refractivity contribution in [2.45, 2.75) is 27.7 Å². The van der Waals surface area contributed by atoms with Crippen LogP contribution in [0.25, 0.3) is 5.69 Å². The Morgan fingerprint density at radius 3 is 2.28 bits per heavy atom. The van der Waals surface area contributed by atoms with Crippen molar-refractivity contribution in [3.63, 3.8) is 0 Å². The number of benzene rings is 1. The lowest BCUT2D eigenvalue weighted by Crippen LogP contribution is -2.01. The van der Waals surface area contributed by atoms with Crippen molar-refractivity contribution >= 4 is 23.8 Å². The SMILES string of the molecule is Cc1cc(C)nc(N/N=C/c2cc(C)n(-c3ccc(Cl)cc3)c2C)n1. The molecule has 0 fully saturated rings. The number of hydrogen-bond acceptors (Lipinski definition) is 4. The molecule has 0 radical (unpaired) electrons. The van der Waals surface area contributed by atoms with Gasteiger partial charge < -0.3 is 4.57 Å². The molecular weight excluding hydrogens is 334 g/mol. The molecule has 0 aliphatic heterocycles. The molecule has 25 heavy (non-hydrogen) atoms. The zero-order chi connectivity index (χ0) is 18.0. The number of aryl methyl sites for hydroxylation is 3. The molecule has 3 rings (SSSR count). The van der Waals surface area contributed by atoms with Gasteiger partial charge >= 0.3 is 0 Å². The highest BCUT2D eigenvalue weighted by Gasteiger charge is 2.09. The van der Waals surface area contributed by atoms with Crippen molar-refractivity contribution in [3.8, 4) is 5.69 Å². The van der Waals surface area contributed by atoms with Crippen LogP contribution in [0.1, 0.15) is 28.3 Å². The minimum atomic E-state index is 0.500. The minimum absolute atomic E-state index is 0.500. The fraction of sp³-hybridized carbons (Fsp3) is 0.211. The van der Waals surface area contributed by atoms with Crippen LogP contribution in [0.4, 0.5) is 5.95 Å².